The van der Waals surface area contributed by atoms with Crippen LogP contribution in [-0.2, 0) is 9.84 Å². The van der Waals surface area contributed by atoms with Crippen molar-refractivity contribution in [2.75, 3.05) is 35.2 Å². The highest BCUT2D eigenvalue weighted by Crippen LogP contribution is 2.27. The van der Waals surface area contributed by atoms with Crippen LogP contribution in [0.15, 0.2) is 18.2 Å². The molecule has 1 aromatic carbocycles. The molecule has 1 fully saturated rings. The number of halogens is 1. The van der Waals surface area contributed by atoms with E-state index in [9.17, 15) is 8.42 Å². The van der Waals surface area contributed by atoms with E-state index in [1.807, 2.05) is 4.90 Å². The fourth-order valence-corrected chi connectivity index (χ4v) is 3.41. The lowest BCUT2D eigenvalue weighted by atomic mass is 10.2. The molecule has 0 unspecified atom stereocenters. The number of nitrogens with two attached hydrogens (primary N) is 1. The molecule has 94 valence electrons. The molecule has 6 heteroatoms. The maximum atomic E-state index is 11.5. The van der Waals surface area contributed by atoms with Gasteiger partial charge in [0.15, 0.2) is 9.84 Å². The Morgan fingerprint density at radius 3 is 2.76 bits per heavy atom. The molecule has 0 saturated carbocycles. The average molecular weight is 275 g/mol. The highest BCUT2D eigenvalue weighted by atomic mass is 35.5. The maximum absolute atomic E-state index is 11.5. The van der Waals surface area contributed by atoms with Crippen molar-refractivity contribution in [2.45, 2.75) is 6.42 Å². The summed E-state index contributed by atoms with van der Waals surface area (Å²) < 4.78 is 23.0. The van der Waals surface area contributed by atoms with Crippen LogP contribution in [0.2, 0.25) is 5.02 Å². The molecule has 1 heterocycles. The molecular weight excluding hydrogens is 260 g/mol. The Kier molecular flexibility index (Phi) is 3.49. The molecule has 1 aromatic rings. The summed E-state index contributed by atoms with van der Waals surface area (Å²) in [6.45, 7) is 1.18. The van der Waals surface area contributed by atoms with Gasteiger partial charge in [0.2, 0.25) is 0 Å². The summed E-state index contributed by atoms with van der Waals surface area (Å²) in [6.07, 6.45) is 0.633. The van der Waals surface area contributed by atoms with Gasteiger partial charge in [0.1, 0.15) is 0 Å². The van der Waals surface area contributed by atoms with E-state index < -0.39 is 9.84 Å². The molecule has 0 bridgehead atoms. The molecule has 0 radical (unpaired) electrons. The van der Waals surface area contributed by atoms with Crippen LogP contribution in [0.25, 0.3) is 0 Å². The summed E-state index contributed by atoms with van der Waals surface area (Å²) in [5.41, 5.74) is 7.35. The molecular formula is C11H15ClN2O2S. The van der Waals surface area contributed by atoms with Crippen molar-refractivity contribution < 1.29 is 8.42 Å². The second-order valence-electron chi connectivity index (χ2n) is 4.20. The fourth-order valence-electron chi connectivity index (χ4n) is 1.97. The lowest BCUT2D eigenvalue weighted by Crippen LogP contribution is -2.27. The first kappa shape index (κ1) is 12.5. The Morgan fingerprint density at radius 2 is 2.00 bits per heavy atom. The molecule has 2 N–H and O–H groups in total. The number of nitrogen functional groups attached to an aromatic ring is 1. The zero-order chi connectivity index (χ0) is 12.5. The van der Waals surface area contributed by atoms with Gasteiger partial charge in [-0.1, -0.05) is 11.6 Å². The lowest BCUT2D eigenvalue weighted by molar-refractivity contribution is 0.597. The minimum Gasteiger partial charge on any atom is -0.397 e. The smallest absolute Gasteiger partial charge is 0.152 e. The molecule has 4 nitrogen and oxygen atoms in total. The van der Waals surface area contributed by atoms with Crippen molar-refractivity contribution in [3.63, 3.8) is 0 Å². The van der Waals surface area contributed by atoms with E-state index in [2.05, 4.69) is 0 Å². The molecule has 1 aliphatic rings. The molecule has 2 rings (SSSR count). The summed E-state index contributed by atoms with van der Waals surface area (Å²) >= 11 is 5.93. The Bertz CT molecular complexity index is 516. The second-order valence-corrected chi connectivity index (χ2v) is 6.94. The third-order valence-electron chi connectivity index (χ3n) is 2.89. The number of hydrogen-bond donors (Lipinski definition) is 1. The Hall–Kier alpha value is -0.940. The van der Waals surface area contributed by atoms with Crippen molar-refractivity contribution in [3.8, 4) is 0 Å². The van der Waals surface area contributed by atoms with Gasteiger partial charge in [-0.05, 0) is 24.6 Å². The molecule has 0 aliphatic carbocycles. The van der Waals surface area contributed by atoms with Crippen LogP contribution < -0.4 is 10.6 Å². The van der Waals surface area contributed by atoms with Crippen molar-refractivity contribution in [1.82, 2.24) is 0 Å². The van der Waals surface area contributed by atoms with Crippen LogP contribution in [0.5, 0.6) is 0 Å². The van der Waals surface area contributed by atoms with Gasteiger partial charge < -0.3 is 10.6 Å². The number of benzene rings is 1. The Balaban J connectivity index is 2.25. The number of nitrogens with zero attached hydrogens (tertiary/aromatic N) is 1. The van der Waals surface area contributed by atoms with E-state index in [0.29, 0.717) is 30.2 Å². The molecule has 17 heavy (non-hydrogen) atoms. The Morgan fingerprint density at radius 1 is 1.24 bits per heavy atom. The van der Waals surface area contributed by atoms with Crippen molar-refractivity contribution in [3.05, 3.63) is 23.2 Å². The topological polar surface area (TPSA) is 63.4 Å². The predicted octanol–water partition coefficient (Wildman–Crippen LogP) is 1.55. The van der Waals surface area contributed by atoms with E-state index >= 15 is 0 Å². The average Bonchev–Trinajstić information content (AvgIpc) is 2.43. The van der Waals surface area contributed by atoms with Crippen molar-refractivity contribution in [2.24, 2.45) is 0 Å². The lowest BCUT2D eigenvalue weighted by Gasteiger charge is -2.23. The number of sulfone groups is 1. The fraction of sp³-hybridized carbons (Fsp3) is 0.455. The summed E-state index contributed by atoms with van der Waals surface area (Å²) in [5.74, 6) is 0.433. The molecule has 0 amide bonds. The zero-order valence-corrected chi connectivity index (χ0v) is 11.0. The maximum Gasteiger partial charge on any atom is 0.152 e. The van der Waals surface area contributed by atoms with Crippen molar-refractivity contribution >= 4 is 32.8 Å². The van der Waals surface area contributed by atoms with E-state index in [-0.39, 0.29) is 11.5 Å². The van der Waals surface area contributed by atoms with Gasteiger partial charge >= 0.3 is 0 Å². The van der Waals surface area contributed by atoms with Crippen LogP contribution in [0, 0.1) is 0 Å². The normalized spacial score (nSPS) is 19.9. The summed E-state index contributed by atoms with van der Waals surface area (Å²) in [4.78, 5) is 1.99. The van der Waals surface area contributed by atoms with Crippen LogP contribution >= 0.6 is 11.6 Å². The largest absolute Gasteiger partial charge is 0.397 e. The van der Waals surface area contributed by atoms with Crippen LogP contribution in [-0.4, -0.2) is 33.0 Å². The first-order valence-corrected chi connectivity index (χ1v) is 7.68. The number of anilines is 2. The van der Waals surface area contributed by atoms with Gasteiger partial charge in [0.05, 0.1) is 22.9 Å². The van der Waals surface area contributed by atoms with Gasteiger partial charge in [-0.2, -0.15) is 0 Å². The quantitative estimate of drug-likeness (QED) is 0.789. The standard InChI is InChI=1S/C11H15ClN2O2S/c12-9-2-3-10(13)11(8-9)14-4-1-6-17(15,16)7-5-14/h2-3,8H,1,4-7,13H2. The van der Waals surface area contributed by atoms with Gasteiger partial charge in [0.25, 0.3) is 0 Å². The van der Waals surface area contributed by atoms with E-state index in [0.717, 1.165) is 5.69 Å². The van der Waals surface area contributed by atoms with Gasteiger partial charge in [0, 0.05) is 18.1 Å². The Labute approximate surface area is 106 Å². The highest BCUT2D eigenvalue weighted by molar-refractivity contribution is 7.91. The van der Waals surface area contributed by atoms with Crippen LogP contribution in [0.4, 0.5) is 11.4 Å². The van der Waals surface area contributed by atoms with Crippen LogP contribution in [0.3, 0.4) is 0 Å². The van der Waals surface area contributed by atoms with E-state index in [1.54, 1.807) is 18.2 Å². The second kappa shape index (κ2) is 4.74. The van der Waals surface area contributed by atoms with Gasteiger partial charge in [-0.3, -0.25) is 0 Å². The van der Waals surface area contributed by atoms with E-state index in [4.69, 9.17) is 17.3 Å². The zero-order valence-electron chi connectivity index (χ0n) is 9.39. The first-order chi connectivity index (χ1) is 7.98. The monoisotopic (exact) mass is 274 g/mol. The molecule has 0 atom stereocenters. The number of hydrogen-bond acceptors (Lipinski definition) is 4. The first-order valence-electron chi connectivity index (χ1n) is 5.48. The van der Waals surface area contributed by atoms with Crippen LogP contribution in [0.1, 0.15) is 6.42 Å². The minimum atomic E-state index is -2.90. The SMILES string of the molecule is Nc1ccc(Cl)cc1N1CCCS(=O)(=O)CC1. The molecule has 0 spiro atoms. The summed E-state index contributed by atoms with van der Waals surface area (Å²) in [7, 11) is -2.90. The number of rotatable bonds is 1. The highest BCUT2D eigenvalue weighted by Gasteiger charge is 2.20. The molecule has 1 saturated heterocycles. The van der Waals surface area contributed by atoms with Crippen molar-refractivity contribution in [1.29, 1.82) is 0 Å². The molecule has 1 aliphatic heterocycles. The summed E-state index contributed by atoms with van der Waals surface area (Å²) in [5, 5.41) is 0.612. The third kappa shape index (κ3) is 3.04. The van der Waals surface area contributed by atoms with Gasteiger partial charge in [-0.15, -0.1) is 0 Å². The summed E-state index contributed by atoms with van der Waals surface area (Å²) in [6, 6.07) is 5.26. The molecule has 0 aromatic heterocycles. The third-order valence-corrected chi connectivity index (χ3v) is 4.84. The predicted molar refractivity (Wildman–Crippen MR) is 71.3 cm³/mol. The van der Waals surface area contributed by atoms with Gasteiger partial charge in [-0.25, -0.2) is 8.42 Å². The minimum absolute atomic E-state index is 0.180. The van der Waals surface area contributed by atoms with E-state index in [1.165, 1.54) is 0 Å².